The van der Waals surface area contributed by atoms with Crippen LogP contribution < -0.4 is 4.74 Å². The summed E-state index contributed by atoms with van der Waals surface area (Å²) in [5.74, 6) is 1.55. The highest BCUT2D eigenvalue weighted by Gasteiger charge is 2.20. The first kappa shape index (κ1) is 18.9. The van der Waals surface area contributed by atoms with Gasteiger partial charge >= 0.3 is 0 Å². The first-order valence-electron chi connectivity index (χ1n) is 8.82. The van der Waals surface area contributed by atoms with E-state index in [0.29, 0.717) is 17.3 Å². The van der Waals surface area contributed by atoms with Crippen molar-refractivity contribution >= 4 is 9.84 Å². The Kier molecular flexibility index (Phi) is 4.94. The van der Waals surface area contributed by atoms with E-state index in [4.69, 9.17) is 13.7 Å². The second-order valence-electron chi connectivity index (χ2n) is 6.44. The minimum atomic E-state index is -3.57. The van der Waals surface area contributed by atoms with Crippen molar-refractivity contribution in [1.82, 2.24) is 10.1 Å². The highest BCUT2D eigenvalue weighted by molar-refractivity contribution is 7.90. The molecule has 0 amide bonds. The second kappa shape index (κ2) is 7.56. The third-order valence-electron chi connectivity index (χ3n) is 4.44. The van der Waals surface area contributed by atoms with Gasteiger partial charge in [-0.05, 0) is 48.9 Å². The third kappa shape index (κ3) is 3.93. The maximum absolute atomic E-state index is 12.6. The number of benzene rings is 2. The average molecular weight is 410 g/mol. The van der Waals surface area contributed by atoms with Crippen molar-refractivity contribution in [3.05, 3.63) is 72.0 Å². The average Bonchev–Trinajstić information content (AvgIpc) is 3.38. The third-order valence-corrected chi connectivity index (χ3v) is 6.09. The molecule has 0 aliphatic heterocycles. The molecule has 0 spiro atoms. The standard InChI is InChI=1S/C21H18N2O5S/c1-14-5-3-4-6-18(14)20-22-21(28-23-20)19-12-9-16(27-19)13-29(24,25)17-10-7-15(26-2)8-11-17/h3-12H,13H2,1-2H3. The molecule has 2 aromatic heterocycles. The summed E-state index contributed by atoms with van der Waals surface area (Å²) in [4.78, 5) is 4.55. The summed E-state index contributed by atoms with van der Waals surface area (Å²) >= 11 is 0. The Morgan fingerprint density at radius 2 is 1.76 bits per heavy atom. The Bertz CT molecular complexity index is 1240. The van der Waals surface area contributed by atoms with Gasteiger partial charge in [0.1, 0.15) is 17.3 Å². The van der Waals surface area contributed by atoms with E-state index in [2.05, 4.69) is 10.1 Å². The van der Waals surface area contributed by atoms with Crippen LogP contribution in [0.15, 0.2) is 74.5 Å². The van der Waals surface area contributed by atoms with Crippen molar-refractivity contribution in [3.63, 3.8) is 0 Å². The summed E-state index contributed by atoms with van der Waals surface area (Å²) in [6, 6.07) is 17.1. The number of hydrogen-bond acceptors (Lipinski definition) is 7. The quantitative estimate of drug-likeness (QED) is 0.468. The fourth-order valence-corrected chi connectivity index (χ4v) is 4.13. The molecule has 2 heterocycles. The second-order valence-corrected chi connectivity index (χ2v) is 8.43. The predicted molar refractivity (Wildman–Crippen MR) is 106 cm³/mol. The normalized spacial score (nSPS) is 11.5. The molecule has 0 unspecified atom stereocenters. The lowest BCUT2D eigenvalue weighted by atomic mass is 10.1. The largest absolute Gasteiger partial charge is 0.497 e. The molecule has 0 saturated heterocycles. The van der Waals surface area contributed by atoms with E-state index in [9.17, 15) is 8.42 Å². The van der Waals surface area contributed by atoms with E-state index in [1.54, 1.807) is 24.3 Å². The van der Waals surface area contributed by atoms with Gasteiger partial charge in [0.15, 0.2) is 15.6 Å². The van der Waals surface area contributed by atoms with Crippen LogP contribution in [-0.2, 0) is 15.6 Å². The van der Waals surface area contributed by atoms with Crippen molar-refractivity contribution in [2.45, 2.75) is 17.6 Å². The fourth-order valence-electron chi connectivity index (χ4n) is 2.88. The van der Waals surface area contributed by atoms with Crippen molar-refractivity contribution in [3.8, 4) is 28.8 Å². The SMILES string of the molecule is COc1ccc(S(=O)(=O)Cc2ccc(-c3nc(-c4ccccc4C)no3)o2)cc1. The molecule has 0 radical (unpaired) electrons. The molecule has 0 N–H and O–H groups in total. The van der Waals surface area contributed by atoms with Gasteiger partial charge in [-0.2, -0.15) is 4.98 Å². The Morgan fingerprint density at radius 3 is 2.48 bits per heavy atom. The molecule has 0 bridgehead atoms. The zero-order valence-electron chi connectivity index (χ0n) is 15.8. The zero-order chi connectivity index (χ0) is 20.4. The zero-order valence-corrected chi connectivity index (χ0v) is 16.6. The molecule has 4 aromatic rings. The molecule has 2 aromatic carbocycles. The minimum absolute atomic E-state index is 0.191. The minimum Gasteiger partial charge on any atom is -0.497 e. The topological polar surface area (TPSA) is 95.4 Å². The Morgan fingerprint density at radius 1 is 1.00 bits per heavy atom. The molecule has 0 saturated carbocycles. The number of aryl methyl sites for hydroxylation is 1. The molecule has 148 valence electrons. The molecule has 7 nitrogen and oxygen atoms in total. The highest BCUT2D eigenvalue weighted by Crippen LogP contribution is 2.27. The Hall–Kier alpha value is -3.39. The molecule has 29 heavy (non-hydrogen) atoms. The van der Waals surface area contributed by atoms with Gasteiger partial charge < -0.3 is 13.7 Å². The van der Waals surface area contributed by atoms with Gasteiger partial charge in [0.05, 0.1) is 12.0 Å². The summed E-state index contributed by atoms with van der Waals surface area (Å²) in [5, 5.41) is 4.00. The van der Waals surface area contributed by atoms with E-state index in [-0.39, 0.29) is 22.3 Å². The van der Waals surface area contributed by atoms with Gasteiger partial charge in [0.2, 0.25) is 5.82 Å². The van der Waals surface area contributed by atoms with Gasteiger partial charge in [0, 0.05) is 5.56 Å². The van der Waals surface area contributed by atoms with E-state index in [1.165, 1.54) is 19.2 Å². The van der Waals surface area contributed by atoms with Crippen LogP contribution in [0.25, 0.3) is 23.0 Å². The number of methoxy groups -OCH3 is 1. The van der Waals surface area contributed by atoms with Crippen molar-refractivity contribution in [1.29, 1.82) is 0 Å². The van der Waals surface area contributed by atoms with Crippen LogP contribution in [0.2, 0.25) is 0 Å². The summed E-state index contributed by atoms with van der Waals surface area (Å²) in [7, 11) is -2.04. The van der Waals surface area contributed by atoms with E-state index >= 15 is 0 Å². The lowest BCUT2D eigenvalue weighted by Gasteiger charge is -2.04. The molecular formula is C21H18N2O5S. The number of rotatable bonds is 6. The van der Waals surface area contributed by atoms with Crippen LogP contribution in [-0.4, -0.2) is 25.7 Å². The van der Waals surface area contributed by atoms with Crippen LogP contribution in [0, 0.1) is 6.92 Å². The molecule has 0 aliphatic carbocycles. The van der Waals surface area contributed by atoms with E-state index in [1.807, 2.05) is 31.2 Å². The van der Waals surface area contributed by atoms with Crippen LogP contribution >= 0.6 is 0 Å². The van der Waals surface area contributed by atoms with Crippen molar-refractivity contribution in [2.75, 3.05) is 7.11 Å². The molecule has 0 atom stereocenters. The number of sulfone groups is 1. The fraction of sp³-hybridized carbons (Fsp3) is 0.143. The highest BCUT2D eigenvalue weighted by atomic mass is 32.2. The Balaban J connectivity index is 1.55. The summed E-state index contributed by atoms with van der Waals surface area (Å²) in [5.41, 5.74) is 1.88. The van der Waals surface area contributed by atoms with E-state index in [0.717, 1.165) is 11.1 Å². The first-order chi connectivity index (χ1) is 14.0. The molecule has 8 heteroatoms. The maximum Gasteiger partial charge on any atom is 0.293 e. The number of furan rings is 1. The lowest BCUT2D eigenvalue weighted by Crippen LogP contribution is -2.04. The van der Waals surface area contributed by atoms with Gasteiger partial charge in [0.25, 0.3) is 5.89 Å². The van der Waals surface area contributed by atoms with E-state index < -0.39 is 9.84 Å². The van der Waals surface area contributed by atoms with Crippen LogP contribution in [0.4, 0.5) is 0 Å². The van der Waals surface area contributed by atoms with Gasteiger partial charge in [-0.15, -0.1) is 0 Å². The smallest absolute Gasteiger partial charge is 0.293 e. The molecule has 0 fully saturated rings. The number of nitrogens with zero attached hydrogens (tertiary/aromatic N) is 2. The first-order valence-corrected chi connectivity index (χ1v) is 10.5. The van der Waals surface area contributed by atoms with Crippen LogP contribution in [0.1, 0.15) is 11.3 Å². The number of hydrogen-bond donors (Lipinski definition) is 0. The van der Waals surface area contributed by atoms with Crippen LogP contribution in [0.5, 0.6) is 5.75 Å². The summed E-state index contributed by atoms with van der Waals surface area (Å²) < 4.78 is 41.2. The monoisotopic (exact) mass is 410 g/mol. The van der Waals surface area contributed by atoms with Gasteiger partial charge in [-0.3, -0.25) is 0 Å². The number of aromatic nitrogens is 2. The maximum atomic E-state index is 12.6. The molecule has 0 aliphatic rings. The van der Waals surface area contributed by atoms with Gasteiger partial charge in [-0.25, -0.2) is 8.42 Å². The van der Waals surface area contributed by atoms with Crippen molar-refractivity contribution in [2.24, 2.45) is 0 Å². The summed E-state index contributed by atoms with van der Waals surface area (Å²) in [6.07, 6.45) is 0. The lowest BCUT2D eigenvalue weighted by molar-refractivity contribution is 0.413. The van der Waals surface area contributed by atoms with Crippen LogP contribution in [0.3, 0.4) is 0 Å². The summed E-state index contributed by atoms with van der Waals surface area (Å²) in [6.45, 7) is 1.96. The van der Waals surface area contributed by atoms with Gasteiger partial charge in [-0.1, -0.05) is 29.4 Å². The Labute approximate surface area is 167 Å². The number of ether oxygens (including phenoxy) is 1. The van der Waals surface area contributed by atoms with Crippen molar-refractivity contribution < 1.29 is 22.1 Å². The predicted octanol–water partition coefficient (Wildman–Crippen LogP) is 4.29. The molecule has 4 rings (SSSR count). The molecular weight excluding hydrogens is 392 g/mol.